The minimum Gasteiger partial charge on any atom is -0.465 e. The van der Waals surface area contributed by atoms with Crippen LogP contribution < -0.4 is 5.32 Å². The fraction of sp³-hybridized carbons (Fsp3) is 0.280. The molecule has 154 valence electrons. The number of likely N-dealkylation sites (tertiary alicyclic amines) is 1. The first kappa shape index (κ1) is 20.1. The van der Waals surface area contributed by atoms with E-state index in [0.717, 1.165) is 32.5 Å². The van der Waals surface area contributed by atoms with Crippen molar-refractivity contribution in [3.63, 3.8) is 0 Å². The number of esters is 1. The molecule has 0 saturated carbocycles. The second-order valence-electron chi connectivity index (χ2n) is 7.72. The van der Waals surface area contributed by atoms with Crippen LogP contribution in [0.4, 0.5) is 5.69 Å². The van der Waals surface area contributed by atoms with Crippen molar-refractivity contribution in [2.75, 3.05) is 25.5 Å². The highest BCUT2D eigenvalue weighted by molar-refractivity contribution is 6.01. The van der Waals surface area contributed by atoms with Gasteiger partial charge in [-0.2, -0.15) is 0 Å². The van der Waals surface area contributed by atoms with E-state index in [2.05, 4.69) is 52.7 Å². The topological polar surface area (TPSA) is 58.6 Å². The molecule has 3 aromatic carbocycles. The van der Waals surface area contributed by atoms with E-state index in [1.807, 2.05) is 0 Å². The molecule has 0 atom stereocenters. The van der Waals surface area contributed by atoms with Gasteiger partial charge in [0.1, 0.15) is 0 Å². The first-order chi connectivity index (χ1) is 14.7. The molecule has 1 aliphatic rings. The first-order valence-corrected chi connectivity index (χ1v) is 10.3. The highest BCUT2D eigenvalue weighted by Gasteiger charge is 2.26. The van der Waals surface area contributed by atoms with Crippen LogP contribution in [0.15, 0.2) is 66.7 Å². The summed E-state index contributed by atoms with van der Waals surface area (Å²) in [5.41, 5.74) is 2.21. The molecule has 1 saturated heterocycles. The third-order valence-electron chi connectivity index (χ3n) is 5.82. The molecule has 5 nitrogen and oxygen atoms in total. The summed E-state index contributed by atoms with van der Waals surface area (Å²) in [4.78, 5) is 27.1. The Kier molecular flexibility index (Phi) is 6.10. The third kappa shape index (κ3) is 4.36. The lowest BCUT2D eigenvalue weighted by atomic mass is 9.94. The second-order valence-corrected chi connectivity index (χ2v) is 7.72. The van der Waals surface area contributed by atoms with Crippen molar-refractivity contribution < 1.29 is 14.3 Å². The number of rotatable bonds is 5. The largest absolute Gasteiger partial charge is 0.465 e. The van der Waals surface area contributed by atoms with Crippen LogP contribution >= 0.6 is 0 Å². The summed E-state index contributed by atoms with van der Waals surface area (Å²) < 4.78 is 4.81. The zero-order chi connectivity index (χ0) is 20.9. The van der Waals surface area contributed by atoms with Crippen molar-refractivity contribution in [3.8, 4) is 0 Å². The number of para-hydroxylation sites is 1. The number of hydrogen-bond acceptors (Lipinski definition) is 4. The van der Waals surface area contributed by atoms with Crippen LogP contribution in [0.5, 0.6) is 0 Å². The van der Waals surface area contributed by atoms with Crippen LogP contribution in [-0.2, 0) is 16.1 Å². The average Bonchev–Trinajstić information content (AvgIpc) is 2.79. The van der Waals surface area contributed by atoms with Gasteiger partial charge in [-0.3, -0.25) is 9.69 Å². The summed E-state index contributed by atoms with van der Waals surface area (Å²) in [6.45, 7) is 2.64. The van der Waals surface area contributed by atoms with Gasteiger partial charge >= 0.3 is 5.97 Å². The Morgan fingerprint density at radius 3 is 2.47 bits per heavy atom. The number of nitrogens with one attached hydrogen (secondary N) is 1. The van der Waals surface area contributed by atoms with Gasteiger partial charge in [0.15, 0.2) is 0 Å². The van der Waals surface area contributed by atoms with E-state index >= 15 is 0 Å². The number of methoxy groups -OCH3 is 1. The number of piperidine rings is 1. The lowest BCUT2D eigenvalue weighted by Gasteiger charge is -2.31. The van der Waals surface area contributed by atoms with E-state index in [1.165, 1.54) is 23.4 Å². The van der Waals surface area contributed by atoms with Gasteiger partial charge in [-0.1, -0.05) is 54.6 Å². The molecule has 0 aromatic heterocycles. The summed E-state index contributed by atoms with van der Waals surface area (Å²) in [6.07, 6.45) is 1.61. The average molecular weight is 402 g/mol. The predicted octanol–water partition coefficient (Wildman–Crippen LogP) is 4.48. The van der Waals surface area contributed by atoms with Crippen LogP contribution in [0.25, 0.3) is 10.8 Å². The zero-order valence-corrected chi connectivity index (χ0v) is 17.1. The SMILES string of the molecule is COC(=O)c1ccccc1NC(=O)C1CCN(Cc2cccc3ccccc23)CC1. The number of carbonyl (C=O) groups excluding carboxylic acids is 2. The molecular formula is C25H26N2O3. The number of anilines is 1. The van der Waals surface area contributed by atoms with Crippen LogP contribution in [-0.4, -0.2) is 37.0 Å². The Morgan fingerprint density at radius 2 is 1.67 bits per heavy atom. The minimum atomic E-state index is -0.448. The number of hydrogen-bond donors (Lipinski definition) is 1. The van der Waals surface area contributed by atoms with E-state index in [0.29, 0.717) is 11.3 Å². The van der Waals surface area contributed by atoms with E-state index in [9.17, 15) is 9.59 Å². The Hall–Kier alpha value is -3.18. The monoisotopic (exact) mass is 402 g/mol. The molecule has 0 radical (unpaired) electrons. The number of nitrogens with zero attached hydrogens (tertiary/aromatic N) is 1. The minimum absolute atomic E-state index is 0.0313. The fourth-order valence-corrected chi connectivity index (χ4v) is 4.14. The highest BCUT2D eigenvalue weighted by atomic mass is 16.5. The number of amides is 1. The molecule has 0 aliphatic carbocycles. The summed E-state index contributed by atoms with van der Waals surface area (Å²) in [5, 5.41) is 5.47. The molecule has 0 spiro atoms. The molecule has 1 amide bonds. The molecular weight excluding hydrogens is 376 g/mol. The Balaban J connectivity index is 1.37. The van der Waals surface area contributed by atoms with E-state index < -0.39 is 5.97 Å². The molecule has 30 heavy (non-hydrogen) atoms. The Bertz CT molecular complexity index is 1050. The smallest absolute Gasteiger partial charge is 0.339 e. The maximum absolute atomic E-state index is 12.8. The summed E-state index contributed by atoms with van der Waals surface area (Å²) in [7, 11) is 1.34. The van der Waals surface area contributed by atoms with E-state index in [4.69, 9.17) is 4.74 Å². The van der Waals surface area contributed by atoms with Crippen LogP contribution in [0.2, 0.25) is 0 Å². The maximum atomic E-state index is 12.8. The standard InChI is InChI=1S/C25H26N2O3/c1-30-25(29)22-11-4-5-12-23(22)26-24(28)19-13-15-27(16-14-19)17-20-9-6-8-18-7-2-3-10-21(18)20/h2-12,19H,13-17H2,1H3,(H,26,28). The van der Waals surface area contributed by atoms with Gasteiger partial charge in [0, 0.05) is 12.5 Å². The zero-order valence-electron chi connectivity index (χ0n) is 17.1. The van der Waals surface area contributed by atoms with Crippen molar-refractivity contribution in [2.24, 2.45) is 5.92 Å². The lowest BCUT2D eigenvalue weighted by Crippen LogP contribution is -2.38. The first-order valence-electron chi connectivity index (χ1n) is 10.3. The quantitative estimate of drug-likeness (QED) is 0.640. The number of benzene rings is 3. The van der Waals surface area contributed by atoms with Crippen LogP contribution in [0.1, 0.15) is 28.8 Å². The number of carbonyl (C=O) groups is 2. The predicted molar refractivity (Wildman–Crippen MR) is 118 cm³/mol. The molecule has 0 unspecified atom stereocenters. The molecule has 1 fully saturated rings. The van der Waals surface area contributed by atoms with Crippen molar-refractivity contribution in [1.29, 1.82) is 0 Å². The van der Waals surface area contributed by atoms with Gasteiger partial charge in [-0.25, -0.2) is 4.79 Å². The van der Waals surface area contributed by atoms with Gasteiger partial charge < -0.3 is 10.1 Å². The van der Waals surface area contributed by atoms with Gasteiger partial charge in [0.2, 0.25) is 5.91 Å². The third-order valence-corrected chi connectivity index (χ3v) is 5.82. The van der Waals surface area contributed by atoms with E-state index in [-0.39, 0.29) is 11.8 Å². The summed E-state index contributed by atoms with van der Waals surface area (Å²) >= 11 is 0. The molecule has 1 N–H and O–H groups in total. The number of fused-ring (bicyclic) bond motifs is 1. The normalized spacial score (nSPS) is 15.1. The highest BCUT2D eigenvalue weighted by Crippen LogP contribution is 2.25. The molecule has 1 aliphatic heterocycles. The van der Waals surface area contributed by atoms with Crippen molar-refractivity contribution in [2.45, 2.75) is 19.4 Å². The Morgan fingerprint density at radius 1 is 0.967 bits per heavy atom. The fourth-order valence-electron chi connectivity index (χ4n) is 4.14. The maximum Gasteiger partial charge on any atom is 0.339 e. The van der Waals surface area contributed by atoms with Crippen LogP contribution in [0.3, 0.4) is 0 Å². The van der Waals surface area contributed by atoms with E-state index in [1.54, 1.807) is 24.3 Å². The molecule has 1 heterocycles. The lowest BCUT2D eigenvalue weighted by molar-refractivity contribution is -0.121. The Labute approximate surface area is 176 Å². The van der Waals surface area contributed by atoms with Crippen molar-refractivity contribution >= 4 is 28.3 Å². The summed E-state index contributed by atoms with van der Waals surface area (Å²) in [6, 6.07) is 21.8. The molecule has 0 bridgehead atoms. The van der Waals surface area contributed by atoms with Gasteiger partial charge in [-0.05, 0) is 54.4 Å². The van der Waals surface area contributed by atoms with Crippen molar-refractivity contribution in [1.82, 2.24) is 4.90 Å². The van der Waals surface area contributed by atoms with Gasteiger partial charge in [0.25, 0.3) is 0 Å². The van der Waals surface area contributed by atoms with Gasteiger partial charge in [0.05, 0.1) is 18.4 Å². The number of ether oxygens (including phenoxy) is 1. The molecule has 5 heteroatoms. The van der Waals surface area contributed by atoms with Crippen molar-refractivity contribution in [3.05, 3.63) is 77.9 Å². The van der Waals surface area contributed by atoms with Gasteiger partial charge in [-0.15, -0.1) is 0 Å². The molecule has 4 rings (SSSR count). The summed E-state index contributed by atoms with van der Waals surface area (Å²) in [5.74, 6) is -0.536. The molecule has 3 aromatic rings. The van der Waals surface area contributed by atoms with Crippen LogP contribution in [0, 0.1) is 5.92 Å². The second kappa shape index (κ2) is 9.09.